The van der Waals surface area contributed by atoms with E-state index in [1.807, 2.05) is 0 Å². The monoisotopic (exact) mass is 167 g/mol. The van der Waals surface area contributed by atoms with E-state index in [1.54, 1.807) is 0 Å². The van der Waals surface area contributed by atoms with Gasteiger partial charge in [0, 0.05) is 6.54 Å². The first-order chi connectivity index (χ1) is 5.85. The lowest BCUT2D eigenvalue weighted by Gasteiger charge is -2.33. The van der Waals surface area contributed by atoms with Gasteiger partial charge >= 0.3 is 0 Å². The maximum Gasteiger partial charge on any atom is 0.00383 e. The van der Waals surface area contributed by atoms with E-state index in [1.165, 1.54) is 58.2 Å². The maximum absolute atomic E-state index is 2.63. The highest BCUT2D eigenvalue weighted by Gasteiger charge is 2.37. The van der Waals surface area contributed by atoms with E-state index in [0.717, 1.165) is 5.41 Å². The topological polar surface area (TPSA) is 3.24 Å². The van der Waals surface area contributed by atoms with Crippen molar-refractivity contribution in [1.82, 2.24) is 4.90 Å². The molecule has 1 heteroatoms. The molecule has 1 nitrogen and oxygen atoms in total. The Labute approximate surface area is 76.1 Å². The molecule has 1 aliphatic carbocycles. The summed E-state index contributed by atoms with van der Waals surface area (Å²) in [4.78, 5) is 2.63. The Morgan fingerprint density at radius 3 is 2.42 bits per heavy atom. The fourth-order valence-electron chi connectivity index (χ4n) is 3.01. The number of hydrogen-bond acceptors (Lipinski definition) is 1. The first-order valence-corrected chi connectivity index (χ1v) is 5.57. The molecule has 2 fully saturated rings. The lowest BCUT2D eigenvalue weighted by molar-refractivity contribution is 0.188. The van der Waals surface area contributed by atoms with Gasteiger partial charge in [0.15, 0.2) is 0 Å². The molecule has 0 radical (unpaired) electrons. The van der Waals surface area contributed by atoms with Gasteiger partial charge in [-0.3, -0.25) is 0 Å². The Hall–Kier alpha value is -0.0400. The summed E-state index contributed by atoms with van der Waals surface area (Å²) in [6.07, 6.45) is 9.01. The molecular weight excluding hydrogens is 146 g/mol. The van der Waals surface area contributed by atoms with Gasteiger partial charge in [-0.2, -0.15) is 0 Å². The summed E-state index contributed by atoms with van der Waals surface area (Å²) in [5.74, 6) is 0. The summed E-state index contributed by atoms with van der Waals surface area (Å²) in [6.45, 7) is 6.34. The molecular formula is C11H21N. The van der Waals surface area contributed by atoms with Gasteiger partial charge in [-0.05, 0) is 37.8 Å². The largest absolute Gasteiger partial charge is 0.303 e. The van der Waals surface area contributed by atoms with Crippen molar-refractivity contribution in [2.45, 2.75) is 45.4 Å². The zero-order chi connectivity index (χ0) is 8.44. The summed E-state index contributed by atoms with van der Waals surface area (Å²) in [5, 5.41) is 0. The number of nitrogens with zero attached hydrogens (tertiary/aromatic N) is 1. The number of likely N-dealkylation sites (tertiary alicyclic amines) is 1. The van der Waals surface area contributed by atoms with E-state index in [4.69, 9.17) is 0 Å². The van der Waals surface area contributed by atoms with Crippen molar-refractivity contribution < 1.29 is 0 Å². The van der Waals surface area contributed by atoms with Gasteiger partial charge in [0.2, 0.25) is 0 Å². The number of hydrogen-bond donors (Lipinski definition) is 0. The molecule has 1 spiro atoms. The molecule has 0 atom stereocenters. The van der Waals surface area contributed by atoms with Crippen molar-refractivity contribution in [2.75, 3.05) is 19.6 Å². The first kappa shape index (κ1) is 8.55. The minimum absolute atomic E-state index is 0.772. The zero-order valence-electron chi connectivity index (χ0n) is 8.31. The third-order valence-corrected chi connectivity index (χ3v) is 3.88. The molecule has 1 heterocycles. The summed E-state index contributed by atoms with van der Waals surface area (Å²) >= 11 is 0. The van der Waals surface area contributed by atoms with Crippen molar-refractivity contribution >= 4 is 0 Å². The normalized spacial score (nSPS) is 29.8. The lowest BCUT2D eigenvalue weighted by atomic mass is 9.73. The van der Waals surface area contributed by atoms with Crippen LogP contribution in [0.1, 0.15) is 45.4 Å². The summed E-state index contributed by atoms with van der Waals surface area (Å²) in [7, 11) is 0. The smallest absolute Gasteiger partial charge is 0.00383 e. The standard InChI is InChI=1S/C11H21N/c1-2-12-9-8-11(10-12)6-4-3-5-7-11/h2-10H2,1H3. The number of rotatable bonds is 1. The highest BCUT2D eigenvalue weighted by molar-refractivity contribution is 4.91. The fourth-order valence-corrected chi connectivity index (χ4v) is 3.01. The van der Waals surface area contributed by atoms with E-state index in [0.29, 0.717) is 0 Å². The van der Waals surface area contributed by atoms with Crippen LogP contribution in [-0.4, -0.2) is 24.5 Å². The highest BCUT2D eigenvalue weighted by Crippen LogP contribution is 2.43. The van der Waals surface area contributed by atoms with Gasteiger partial charge in [-0.15, -0.1) is 0 Å². The minimum atomic E-state index is 0.772. The quantitative estimate of drug-likeness (QED) is 0.580. The molecule has 0 aromatic rings. The molecule has 0 bridgehead atoms. The Morgan fingerprint density at radius 2 is 1.83 bits per heavy atom. The van der Waals surface area contributed by atoms with Crippen LogP contribution in [0.4, 0.5) is 0 Å². The van der Waals surface area contributed by atoms with Gasteiger partial charge in [0.25, 0.3) is 0 Å². The molecule has 2 aliphatic rings. The predicted octanol–water partition coefficient (Wildman–Crippen LogP) is 2.66. The summed E-state index contributed by atoms with van der Waals surface area (Å²) in [5.41, 5.74) is 0.772. The maximum atomic E-state index is 2.63. The molecule has 0 aromatic heterocycles. The molecule has 0 N–H and O–H groups in total. The third kappa shape index (κ3) is 1.52. The van der Waals surface area contributed by atoms with Crippen LogP contribution in [0.3, 0.4) is 0 Å². The van der Waals surface area contributed by atoms with Crippen LogP contribution in [0.25, 0.3) is 0 Å². The summed E-state index contributed by atoms with van der Waals surface area (Å²) in [6, 6.07) is 0. The summed E-state index contributed by atoms with van der Waals surface area (Å²) < 4.78 is 0. The van der Waals surface area contributed by atoms with Crippen LogP contribution < -0.4 is 0 Å². The average molecular weight is 167 g/mol. The first-order valence-electron chi connectivity index (χ1n) is 5.57. The molecule has 0 aromatic carbocycles. The van der Waals surface area contributed by atoms with E-state index >= 15 is 0 Å². The van der Waals surface area contributed by atoms with Crippen LogP contribution in [-0.2, 0) is 0 Å². The van der Waals surface area contributed by atoms with Crippen LogP contribution in [0, 0.1) is 5.41 Å². The second-order valence-electron chi connectivity index (χ2n) is 4.68. The Bertz CT molecular complexity index is 147. The minimum Gasteiger partial charge on any atom is -0.303 e. The molecule has 2 rings (SSSR count). The van der Waals surface area contributed by atoms with Crippen molar-refractivity contribution in [3.05, 3.63) is 0 Å². The average Bonchev–Trinajstić information content (AvgIpc) is 2.50. The van der Waals surface area contributed by atoms with Gasteiger partial charge < -0.3 is 4.90 Å². The van der Waals surface area contributed by atoms with Gasteiger partial charge in [-0.25, -0.2) is 0 Å². The fraction of sp³-hybridized carbons (Fsp3) is 1.00. The molecule has 0 amide bonds. The molecule has 70 valence electrons. The van der Waals surface area contributed by atoms with Crippen LogP contribution in [0.15, 0.2) is 0 Å². The van der Waals surface area contributed by atoms with Crippen molar-refractivity contribution in [1.29, 1.82) is 0 Å². The molecule has 1 saturated heterocycles. The Balaban J connectivity index is 1.94. The van der Waals surface area contributed by atoms with Gasteiger partial charge in [-0.1, -0.05) is 26.2 Å². The lowest BCUT2D eigenvalue weighted by Crippen LogP contribution is -2.29. The molecule has 1 aliphatic heterocycles. The second-order valence-corrected chi connectivity index (χ2v) is 4.68. The van der Waals surface area contributed by atoms with E-state index in [9.17, 15) is 0 Å². The Kier molecular flexibility index (Phi) is 2.40. The van der Waals surface area contributed by atoms with E-state index in [-0.39, 0.29) is 0 Å². The second kappa shape index (κ2) is 3.37. The van der Waals surface area contributed by atoms with Crippen molar-refractivity contribution in [3.8, 4) is 0 Å². The van der Waals surface area contributed by atoms with Crippen molar-refractivity contribution in [2.24, 2.45) is 5.41 Å². The van der Waals surface area contributed by atoms with E-state index < -0.39 is 0 Å². The molecule has 12 heavy (non-hydrogen) atoms. The van der Waals surface area contributed by atoms with Crippen LogP contribution in [0.5, 0.6) is 0 Å². The van der Waals surface area contributed by atoms with Crippen LogP contribution in [0.2, 0.25) is 0 Å². The third-order valence-electron chi connectivity index (χ3n) is 3.88. The van der Waals surface area contributed by atoms with Gasteiger partial charge in [0.1, 0.15) is 0 Å². The molecule has 1 saturated carbocycles. The predicted molar refractivity (Wildman–Crippen MR) is 52.2 cm³/mol. The zero-order valence-corrected chi connectivity index (χ0v) is 8.31. The molecule has 0 unspecified atom stereocenters. The van der Waals surface area contributed by atoms with E-state index in [2.05, 4.69) is 11.8 Å². The van der Waals surface area contributed by atoms with Gasteiger partial charge in [0.05, 0.1) is 0 Å². The SMILES string of the molecule is CCN1CCC2(CCCCC2)C1. The van der Waals surface area contributed by atoms with Crippen molar-refractivity contribution in [3.63, 3.8) is 0 Å². The highest BCUT2D eigenvalue weighted by atomic mass is 15.1. The Morgan fingerprint density at radius 1 is 1.08 bits per heavy atom. The van der Waals surface area contributed by atoms with Crippen LogP contribution >= 0.6 is 0 Å².